The number of hydrogen-bond acceptors (Lipinski definition) is 6. The number of nitrogens with one attached hydrogen (secondary N) is 2. The van der Waals surface area contributed by atoms with Crippen LogP contribution >= 0.6 is 22.7 Å². The van der Waals surface area contributed by atoms with Crippen molar-refractivity contribution in [2.45, 2.75) is 19.8 Å². The molecule has 1 aliphatic heterocycles. The molecule has 0 aromatic carbocycles. The zero-order valence-electron chi connectivity index (χ0n) is 14.9. The van der Waals surface area contributed by atoms with Gasteiger partial charge in [0.05, 0.1) is 22.7 Å². The molecule has 0 unspecified atom stereocenters. The van der Waals surface area contributed by atoms with Gasteiger partial charge in [-0.05, 0) is 31.5 Å². The van der Waals surface area contributed by atoms with Gasteiger partial charge in [-0.15, -0.1) is 22.7 Å². The van der Waals surface area contributed by atoms with E-state index in [9.17, 15) is 4.79 Å². The van der Waals surface area contributed by atoms with Gasteiger partial charge in [-0.1, -0.05) is 0 Å². The molecule has 1 saturated heterocycles. The Morgan fingerprint density at radius 2 is 2.15 bits per heavy atom. The second-order valence-electron chi connectivity index (χ2n) is 6.64. The number of carbonyl (C=O) groups excluding carboxylic acids is 1. The molecule has 1 amide bonds. The molecule has 6 nitrogen and oxygen atoms in total. The number of aromatic nitrogens is 3. The molecular formula is C18H21N5OS2. The summed E-state index contributed by atoms with van der Waals surface area (Å²) in [6.07, 6.45) is 3.84. The third-order valence-corrected chi connectivity index (χ3v) is 6.60. The Hall–Kier alpha value is -2.03. The molecule has 3 aromatic heterocycles. The first-order valence-corrected chi connectivity index (χ1v) is 10.2. The van der Waals surface area contributed by atoms with E-state index in [2.05, 4.69) is 39.8 Å². The fourth-order valence-corrected chi connectivity index (χ4v) is 5.18. The Labute approximate surface area is 160 Å². The van der Waals surface area contributed by atoms with Crippen LogP contribution in [0, 0.1) is 19.8 Å². The van der Waals surface area contributed by atoms with Crippen molar-refractivity contribution < 1.29 is 4.79 Å². The lowest BCUT2D eigenvalue weighted by Gasteiger charge is -2.15. The summed E-state index contributed by atoms with van der Waals surface area (Å²) in [4.78, 5) is 21.0. The summed E-state index contributed by atoms with van der Waals surface area (Å²) in [5.41, 5.74) is 2.07. The van der Waals surface area contributed by atoms with Gasteiger partial charge in [0.1, 0.15) is 0 Å². The molecule has 0 aliphatic carbocycles. The standard InChI is InChI=1S/C18H21N5OS2/c1-10-4-5-15(25-10)16-11(2)26-18(21-16)22-17(24)14-8-19-7-13(14)12-6-20-23(3)9-12/h4-6,9,13-14,19H,7-8H2,1-3H3,(H,21,22,24)/t13-,14+/m1/s1. The smallest absolute Gasteiger partial charge is 0.231 e. The molecule has 0 radical (unpaired) electrons. The van der Waals surface area contributed by atoms with Gasteiger partial charge in [0, 0.05) is 42.0 Å². The van der Waals surface area contributed by atoms with Crippen molar-refractivity contribution in [2.24, 2.45) is 13.0 Å². The lowest BCUT2D eigenvalue weighted by molar-refractivity contribution is -0.119. The maximum atomic E-state index is 12.9. The Morgan fingerprint density at radius 3 is 2.85 bits per heavy atom. The van der Waals surface area contributed by atoms with Gasteiger partial charge in [0.2, 0.25) is 5.91 Å². The Balaban J connectivity index is 1.51. The first kappa shape index (κ1) is 17.4. The van der Waals surface area contributed by atoms with Crippen LogP contribution in [0.1, 0.15) is 21.2 Å². The summed E-state index contributed by atoms with van der Waals surface area (Å²) in [5, 5.41) is 11.3. The summed E-state index contributed by atoms with van der Waals surface area (Å²) in [7, 11) is 1.90. The average molecular weight is 388 g/mol. The molecule has 4 rings (SSSR count). The van der Waals surface area contributed by atoms with Crippen LogP contribution in [-0.2, 0) is 11.8 Å². The van der Waals surface area contributed by atoms with Crippen molar-refractivity contribution in [2.75, 3.05) is 18.4 Å². The molecule has 136 valence electrons. The maximum Gasteiger partial charge on any atom is 0.231 e. The van der Waals surface area contributed by atoms with E-state index in [1.165, 1.54) is 16.2 Å². The quantitative estimate of drug-likeness (QED) is 0.721. The van der Waals surface area contributed by atoms with Gasteiger partial charge in [-0.3, -0.25) is 9.48 Å². The summed E-state index contributed by atoms with van der Waals surface area (Å²) in [6.45, 7) is 5.60. The number of carbonyl (C=O) groups is 1. The summed E-state index contributed by atoms with van der Waals surface area (Å²) in [5.74, 6) is 0.0477. The van der Waals surface area contributed by atoms with Gasteiger partial charge in [-0.2, -0.15) is 5.10 Å². The number of amides is 1. The molecule has 1 aliphatic rings. The maximum absolute atomic E-state index is 12.9. The Morgan fingerprint density at radius 1 is 1.31 bits per heavy atom. The number of nitrogens with zero attached hydrogens (tertiary/aromatic N) is 3. The van der Waals surface area contributed by atoms with Crippen molar-refractivity contribution in [3.05, 3.63) is 39.8 Å². The highest BCUT2D eigenvalue weighted by atomic mass is 32.1. The number of hydrogen-bond donors (Lipinski definition) is 2. The number of thiophene rings is 1. The van der Waals surface area contributed by atoms with Gasteiger partial charge in [0.25, 0.3) is 0 Å². The van der Waals surface area contributed by atoms with E-state index in [1.807, 2.05) is 26.4 Å². The first-order valence-electron chi connectivity index (χ1n) is 8.55. The van der Waals surface area contributed by atoms with E-state index in [0.29, 0.717) is 11.7 Å². The van der Waals surface area contributed by atoms with Crippen LogP contribution in [0.2, 0.25) is 0 Å². The van der Waals surface area contributed by atoms with Gasteiger partial charge in [-0.25, -0.2) is 4.98 Å². The van der Waals surface area contributed by atoms with Crippen LogP contribution < -0.4 is 10.6 Å². The molecule has 0 saturated carbocycles. The predicted molar refractivity (Wildman–Crippen MR) is 106 cm³/mol. The van der Waals surface area contributed by atoms with Crippen molar-refractivity contribution in [3.63, 3.8) is 0 Å². The Bertz CT molecular complexity index is 941. The fourth-order valence-electron chi connectivity index (χ4n) is 3.37. The monoisotopic (exact) mass is 387 g/mol. The third kappa shape index (κ3) is 3.32. The molecule has 2 N–H and O–H groups in total. The van der Waals surface area contributed by atoms with Gasteiger partial charge >= 0.3 is 0 Å². The average Bonchev–Trinajstić information content (AvgIpc) is 3.34. The van der Waals surface area contributed by atoms with Gasteiger partial charge < -0.3 is 10.6 Å². The summed E-state index contributed by atoms with van der Waals surface area (Å²) in [6, 6.07) is 4.19. The van der Waals surface area contributed by atoms with Crippen LogP contribution in [0.25, 0.3) is 10.6 Å². The number of thiazole rings is 1. The minimum absolute atomic E-state index is 0.0199. The molecule has 0 bridgehead atoms. The molecule has 3 aromatic rings. The molecule has 2 atom stereocenters. The molecule has 8 heteroatoms. The predicted octanol–water partition coefficient (Wildman–Crippen LogP) is 3.16. The molecule has 4 heterocycles. The largest absolute Gasteiger partial charge is 0.315 e. The van der Waals surface area contributed by atoms with Crippen molar-refractivity contribution in [1.82, 2.24) is 20.1 Å². The van der Waals surface area contributed by atoms with Gasteiger partial charge in [0.15, 0.2) is 5.13 Å². The second kappa shape index (κ2) is 6.94. The van der Waals surface area contributed by atoms with Crippen LogP contribution in [0.15, 0.2) is 24.5 Å². The highest BCUT2D eigenvalue weighted by Crippen LogP contribution is 2.35. The zero-order chi connectivity index (χ0) is 18.3. The highest BCUT2D eigenvalue weighted by molar-refractivity contribution is 7.18. The number of anilines is 1. The molecule has 1 fully saturated rings. The molecule has 26 heavy (non-hydrogen) atoms. The van der Waals surface area contributed by atoms with Crippen molar-refractivity contribution in [3.8, 4) is 10.6 Å². The molecular weight excluding hydrogens is 366 g/mol. The highest BCUT2D eigenvalue weighted by Gasteiger charge is 2.35. The summed E-state index contributed by atoms with van der Waals surface area (Å²) < 4.78 is 1.78. The lowest BCUT2D eigenvalue weighted by Crippen LogP contribution is -2.28. The topological polar surface area (TPSA) is 71.8 Å². The minimum Gasteiger partial charge on any atom is -0.315 e. The van der Waals surface area contributed by atoms with Crippen molar-refractivity contribution in [1.29, 1.82) is 0 Å². The van der Waals surface area contributed by atoms with E-state index < -0.39 is 0 Å². The zero-order valence-corrected chi connectivity index (χ0v) is 16.6. The lowest BCUT2D eigenvalue weighted by atomic mass is 9.90. The van der Waals surface area contributed by atoms with E-state index in [1.54, 1.807) is 16.0 Å². The van der Waals surface area contributed by atoms with E-state index >= 15 is 0 Å². The normalized spacial score (nSPS) is 19.8. The fraction of sp³-hybridized carbons (Fsp3) is 0.389. The Kier molecular flexibility index (Phi) is 4.64. The van der Waals surface area contributed by atoms with Crippen LogP contribution in [0.3, 0.4) is 0 Å². The number of aryl methyl sites for hydroxylation is 3. The second-order valence-corrected chi connectivity index (χ2v) is 9.13. The first-order chi connectivity index (χ1) is 12.5. The van der Waals surface area contributed by atoms with Crippen LogP contribution in [0.5, 0.6) is 0 Å². The summed E-state index contributed by atoms with van der Waals surface area (Å²) >= 11 is 3.26. The van der Waals surface area contributed by atoms with Crippen LogP contribution in [0.4, 0.5) is 5.13 Å². The van der Waals surface area contributed by atoms with E-state index in [-0.39, 0.29) is 17.7 Å². The van der Waals surface area contributed by atoms with Crippen molar-refractivity contribution >= 4 is 33.7 Å². The third-order valence-electron chi connectivity index (χ3n) is 4.70. The molecule has 0 spiro atoms. The number of rotatable bonds is 4. The minimum atomic E-state index is -0.115. The van der Waals surface area contributed by atoms with Crippen LogP contribution in [-0.4, -0.2) is 33.8 Å². The van der Waals surface area contributed by atoms with E-state index in [4.69, 9.17) is 0 Å². The van der Waals surface area contributed by atoms with E-state index in [0.717, 1.165) is 27.6 Å². The SMILES string of the molecule is Cc1ccc(-c2nc(NC(=O)[C@H]3CNC[C@@H]3c3cnn(C)c3)sc2C)s1.